The van der Waals surface area contributed by atoms with E-state index in [-0.39, 0.29) is 29.4 Å². The van der Waals surface area contributed by atoms with Gasteiger partial charge in [0.15, 0.2) is 18.2 Å². The molecule has 0 bridgehead atoms. The molecule has 1 aliphatic carbocycles. The van der Waals surface area contributed by atoms with E-state index in [9.17, 15) is 24.5 Å². The molecule has 1 aliphatic rings. The van der Waals surface area contributed by atoms with Crippen LogP contribution in [0.5, 0.6) is 5.75 Å². The van der Waals surface area contributed by atoms with Crippen molar-refractivity contribution in [1.29, 1.82) is 0 Å². The van der Waals surface area contributed by atoms with Crippen LogP contribution < -0.4 is 10.1 Å². The molecule has 8 heteroatoms. The molecule has 8 nitrogen and oxygen atoms in total. The molecule has 30 heavy (non-hydrogen) atoms. The van der Waals surface area contributed by atoms with Gasteiger partial charge in [0.2, 0.25) is 0 Å². The molecule has 0 radical (unpaired) electrons. The normalized spacial score (nSPS) is 12.0. The summed E-state index contributed by atoms with van der Waals surface area (Å²) in [5.41, 5.74) is 1.49. The molecule has 0 saturated carbocycles. The monoisotopic (exact) mass is 402 g/mol. The van der Waals surface area contributed by atoms with Crippen molar-refractivity contribution >= 4 is 28.8 Å². The molecule has 1 amide bonds. The molecular weight excluding hydrogens is 388 g/mol. The van der Waals surface area contributed by atoms with E-state index in [0.29, 0.717) is 28.1 Å². The largest absolute Gasteiger partial charge is 0.484 e. The van der Waals surface area contributed by atoms with Gasteiger partial charge in [0.25, 0.3) is 11.6 Å². The first-order valence-corrected chi connectivity index (χ1v) is 8.93. The second kappa shape index (κ2) is 7.59. The summed E-state index contributed by atoms with van der Waals surface area (Å²) in [4.78, 5) is 47.6. The number of nitrogens with zero attached hydrogens (tertiary/aromatic N) is 1. The molecule has 0 unspecified atom stereocenters. The second-order valence-corrected chi connectivity index (χ2v) is 6.55. The first kappa shape index (κ1) is 19.0. The van der Waals surface area contributed by atoms with Crippen LogP contribution in [-0.4, -0.2) is 29.0 Å². The average molecular weight is 402 g/mol. The van der Waals surface area contributed by atoms with Crippen molar-refractivity contribution in [3.05, 3.63) is 99.1 Å². The van der Waals surface area contributed by atoms with Crippen LogP contribution in [-0.2, 0) is 4.79 Å². The fourth-order valence-electron chi connectivity index (χ4n) is 3.19. The number of amides is 1. The number of ketones is 2. The topological polar surface area (TPSA) is 116 Å². The van der Waals surface area contributed by atoms with E-state index < -0.39 is 10.8 Å². The first-order valence-electron chi connectivity index (χ1n) is 8.93. The maximum absolute atomic E-state index is 12.7. The summed E-state index contributed by atoms with van der Waals surface area (Å²) >= 11 is 0. The summed E-state index contributed by atoms with van der Waals surface area (Å²) in [6.45, 7) is -0.329. The molecule has 0 saturated heterocycles. The lowest BCUT2D eigenvalue weighted by molar-refractivity contribution is -0.384. The van der Waals surface area contributed by atoms with Crippen molar-refractivity contribution in [2.45, 2.75) is 0 Å². The number of ether oxygens (including phenoxy) is 1. The Balaban J connectivity index is 1.45. The molecule has 0 spiro atoms. The minimum atomic E-state index is -0.531. The Morgan fingerprint density at radius 3 is 2.10 bits per heavy atom. The number of rotatable bonds is 5. The van der Waals surface area contributed by atoms with Gasteiger partial charge in [-0.15, -0.1) is 0 Å². The molecule has 1 N–H and O–H groups in total. The van der Waals surface area contributed by atoms with Crippen LogP contribution in [0.25, 0.3) is 0 Å². The van der Waals surface area contributed by atoms with Gasteiger partial charge in [0.05, 0.1) is 4.92 Å². The molecule has 0 atom stereocenters. The van der Waals surface area contributed by atoms with Crippen molar-refractivity contribution in [3.8, 4) is 5.75 Å². The van der Waals surface area contributed by atoms with E-state index in [2.05, 4.69) is 5.32 Å². The van der Waals surface area contributed by atoms with Crippen molar-refractivity contribution in [3.63, 3.8) is 0 Å². The molecule has 4 rings (SSSR count). The third kappa shape index (κ3) is 3.53. The number of carbonyl (C=O) groups is 3. The molecule has 0 aromatic heterocycles. The van der Waals surface area contributed by atoms with Crippen molar-refractivity contribution in [2.24, 2.45) is 0 Å². The minimum Gasteiger partial charge on any atom is -0.484 e. The smallest absolute Gasteiger partial charge is 0.269 e. The minimum absolute atomic E-state index is 0.0818. The Kier molecular flexibility index (Phi) is 4.81. The SMILES string of the molecule is O=C(COc1ccc([N+](=O)[O-])cc1)Nc1ccc2c(c1)C(=O)c1ccccc1C2=O. The summed E-state index contributed by atoms with van der Waals surface area (Å²) in [6.07, 6.45) is 0. The highest BCUT2D eigenvalue weighted by atomic mass is 16.6. The number of nitro groups is 1. The Labute approximate surface area is 170 Å². The predicted molar refractivity (Wildman–Crippen MR) is 107 cm³/mol. The second-order valence-electron chi connectivity index (χ2n) is 6.55. The van der Waals surface area contributed by atoms with Crippen LogP contribution in [0.15, 0.2) is 66.7 Å². The lowest BCUT2D eigenvalue weighted by atomic mass is 9.84. The molecule has 3 aromatic carbocycles. The van der Waals surface area contributed by atoms with Crippen LogP contribution in [0.4, 0.5) is 11.4 Å². The zero-order valence-electron chi connectivity index (χ0n) is 15.5. The van der Waals surface area contributed by atoms with Gasteiger partial charge in [0, 0.05) is 40.1 Å². The molecule has 148 valence electrons. The Morgan fingerprint density at radius 1 is 0.867 bits per heavy atom. The summed E-state index contributed by atoms with van der Waals surface area (Å²) in [7, 11) is 0. The van der Waals surface area contributed by atoms with Crippen LogP contribution >= 0.6 is 0 Å². The molecule has 0 aliphatic heterocycles. The summed E-state index contributed by atoms with van der Waals surface area (Å²) in [5, 5.41) is 13.3. The zero-order valence-corrected chi connectivity index (χ0v) is 15.5. The number of hydrogen-bond donors (Lipinski definition) is 1. The van der Waals surface area contributed by atoms with Crippen LogP contribution in [0.1, 0.15) is 31.8 Å². The maximum atomic E-state index is 12.7. The van der Waals surface area contributed by atoms with Gasteiger partial charge in [-0.2, -0.15) is 0 Å². The lowest BCUT2D eigenvalue weighted by Gasteiger charge is -2.18. The number of fused-ring (bicyclic) bond motifs is 2. The molecule has 0 fully saturated rings. The van der Waals surface area contributed by atoms with E-state index >= 15 is 0 Å². The highest BCUT2D eigenvalue weighted by Crippen LogP contribution is 2.29. The Bertz CT molecular complexity index is 1200. The fraction of sp³-hybridized carbons (Fsp3) is 0.0455. The molecule has 3 aromatic rings. The van der Waals surface area contributed by atoms with Crippen LogP contribution in [0.3, 0.4) is 0 Å². The predicted octanol–water partition coefficient (Wildman–Crippen LogP) is 3.39. The number of nitro benzene ring substituents is 1. The highest BCUT2D eigenvalue weighted by Gasteiger charge is 2.29. The number of non-ortho nitro benzene ring substituents is 1. The number of hydrogen-bond acceptors (Lipinski definition) is 6. The summed E-state index contributed by atoms with van der Waals surface area (Å²) in [5.74, 6) is -0.695. The highest BCUT2D eigenvalue weighted by molar-refractivity contribution is 6.28. The maximum Gasteiger partial charge on any atom is 0.269 e. The first-order chi connectivity index (χ1) is 14.4. The Hall–Kier alpha value is -4.33. The standard InChI is InChI=1S/C22H14N2O6/c25-20(12-30-15-8-6-14(7-9-15)24(28)29)23-13-5-10-18-19(11-13)22(27)17-4-2-1-3-16(17)21(18)26/h1-11H,12H2,(H,23,25). The summed E-state index contributed by atoms with van der Waals surface area (Å²) in [6, 6.07) is 16.5. The lowest BCUT2D eigenvalue weighted by Crippen LogP contribution is -2.23. The zero-order chi connectivity index (χ0) is 21.3. The van der Waals surface area contributed by atoms with Gasteiger partial charge in [-0.1, -0.05) is 24.3 Å². The third-order valence-electron chi connectivity index (χ3n) is 4.63. The third-order valence-corrected chi connectivity index (χ3v) is 4.63. The number of carbonyl (C=O) groups excluding carboxylic acids is 3. The van der Waals surface area contributed by atoms with E-state index in [4.69, 9.17) is 4.74 Å². The van der Waals surface area contributed by atoms with E-state index in [1.165, 1.54) is 36.4 Å². The summed E-state index contributed by atoms with van der Waals surface area (Å²) < 4.78 is 5.32. The van der Waals surface area contributed by atoms with Gasteiger partial charge >= 0.3 is 0 Å². The van der Waals surface area contributed by atoms with Crippen LogP contribution in [0.2, 0.25) is 0 Å². The quantitative estimate of drug-likeness (QED) is 0.404. The van der Waals surface area contributed by atoms with Gasteiger partial charge in [0.1, 0.15) is 5.75 Å². The van der Waals surface area contributed by atoms with Crippen molar-refractivity contribution in [2.75, 3.05) is 11.9 Å². The average Bonchev–Trinajstić information content (AvgIpc) is 2.76. The van der Waals surface area contributed by atoms with Crippen molar-refractivity contribution < 1.29 is 24.0 Å². The van der Waals surface area contributed by atoms with Crippen LogP contribution in [0, 0.1) is 10.1 Å². The van der Waals surface area contributed by atoms with Gasteiger partial charge in [-0.3, -0.25) is 24.5 Å². The van der Waals surface area contributed by atoms with Gasteiger partial charge in [-0.05, 0) is 30.3 Å². The number of benzene rings is 3. The van der Waals surface area contributed by atoms with Gasteiger partial charge in [-0.25, -0.2) is 0 Å². The molecular formula is C22H14N2O6. The number of nitrogens with one attached hydrogen (secondary N) is 1. The van der Waals surface area contributed by atoms with E-state index in [0.717, 1.165) is 0 Å². The van der Waals surface area contributed by atoms with Gasteiger partial charge < -0.3 is 10.1 Å². The van der Waals surface area contributed by atoms with E-state index in [1.807, 2.05) is 0 Å². The molecule has 0 heterocycles. The van der Waals surface area contributed by atoms with Crippen molar-refractivity contribution in [1.82, 2.24) is 0 Å². The fourth-order valence-corrected chi connectivity index (χ4v) is 3.19. The number of anilines is 1. The Morgan fingerprint density at radius 2 is 1.47 bits per heavy atom. The van der Waals surface area contributed by atoms with E-state index in [1.54, 1.807) is 30.3 Å².